The van der Waals surface area contributed by atoms with Gasteiger partial charge in [-0.05, 0) is 37.0 Å². The van der Waals surface area contributed by atoms with Crippen LogP contribution in [0.3, 0.4) is 0 Å². The van der Waals surface area contributed by atoms with E-state index in [-0.39, 0.29) is 6.03 Å². The Bertz CT molecular complexity index is 450. The lowest BCUT2D eigenvalue weighted by atomic mass is 10.2. The predicted molar refractivity (Wildman–Crippen MR) is 68.7 cm³/mol. The lowest BCUT2D eigenvalue weighted by Crippen LogP contribution is -2.46. The minimum atomic E-state index is -0.929. The van der Waals surface area contributed by atoms with Crippen molar-refractivity contribution in [3.05, 3.63) is 30.1 Å². The number of amides is 2. The van der Waals surface area contributed by atoms with Gasteiger partial charge in [0.2, 0.25) is 0 Å². The van der Waals surface area contributed by atoms with E-state index in [0.29, 0.717) is 25.9 Å². The molecule has 0 spiro atoms. The molecule has 0 unspecified atom stereocenters. The fourth-order valence-corrected chi connectivity index (χ4v) is 2.23. The standard InChI is InChI=1S/C13H17N3O3/c17-12(18)11-2-1-9-16(11)13(19)15-8-5-10-3-6-14-7-4-10/h3-4,6-7,11H,1-2,5,8-9H2,(H,15,19)(H,17,18)/t11-/m1/s1. The number of nitrogens with zero attached hydrogens (tertiary/aromatic N) is 2. The average molecular weight is 263 g/mol. The summed E-state index contributed by atoms with van der Waals surface area (Å²) in [7, 11) is 0. The number of aliphatic carboxylic acids is 1. The summed E-state index contributed by atoms with van der Waals surface area (Å²) >= 11 is 0. The summed E-state index contributed by atoms with van der Waals surface area (Å²) in [5, 5.41) is 11.8. The monoisotopic (exact) mass is 263 g/mol. The quantitative estimate of drug-likeness (QED) is 0.845. The molecule has 19 heavy (non-hydrogen) atoms. The lowest BCUT2D eigenvalue weighted by molar-refractivity contribution is -0.141. The van der Waals surface area contributed by atoms with Gasteiger partial charge in [0, 0.05) is 25.5 Å². The number of likely N-dealkylation sites (tertiary alicyclic amines) is 1. The molecule has 1 aliphatic heterocycles. The molecule has 6 nitrogen and oxygen atoms in total. The van der Waals surface area contributed by atoms with Crippen molar-refractivity contribution in [1.29, 1.82) is 0 Å². The van der Waals surface area contributed by atoms with Crippen LogP contribution in [0.5, 0.6) is 0 Å². The van der Waals surface area contributed by atoms with Crippen LogP contribution in [0.2, 0.25) is 0 Å². The molecule has 1 fully saturated rings. The normalized spacial score (nSPS) is 18.3. The smallest absolute Gasteiger partial charge is 0.326 e. The number of hydrogen-bond donors (Lipinski definition) is 2. The molecule has 1 saturated heterocycles. The molecular weight excluding hydrogens is 246 g/mol. The first-order valence-corrected chi connectivity index (χ1v) is 6.34. The largest absolute Gasteiger partial charge is 0.480 e. The van der Waals surface area contributed by atoms with E-state index in [1.165, 1.54) is 4.90 Å². The topological polar surface area (TPSA) is 82.5 Å². The van der Waals surface area contributed by atoms with Crippen molar-refractivity contribution in [2.75, 3.05) is 13.1 Å². The zero-order valence-electron chi connectivity index (χ0n) is 10.6. The fraction of sp³-hybridized carbons (Fsp3) is 0.462. The van der Waals surface area contributed by atoms with Gasteiger partial charge in [-0.25, -0.2) is 9.59 Å². The van der Waals surface area contributed by atoms with Gasteiger partial charge in [0.25, 0.3) is 0 Å². The Balaban J connectivity index is 1.80. The van der Waals surface area contributed by atoms with Crippen LogP contribution in [-0.4, -0.2) is 46.1 Å². The van der Waals surface area contributed by atoms with Crippen molar-refractivity contribution >= 4 is 12.0 Å². The molecule has 1 aromatic heterocycles. The third-order valence-corrected chi connectivity index (χ3v) is 3.24. The number of carbonyl (C=O) groups excluding carboxylic acids is 1. The third-order valence-electron chi connectivity index (χ3n) is 3.24. The van der Waals surface area contributed by atoms with Crippen molar-refractivity contribution in [3.63, 3.8) is 0 Å². The van der Waals surface area contributed by atoms with Crippen LogP contribution in [-0.2, 0) is 11.2 Å². The lowest BCUT2D eigenvalue weighted by Gasteiger charge is -2.21. The van der Waals surface area contributed by atoms with Gasteiger partial charge in [0.05, 0.1) is 0 Å². The van der Waals surface area contributed by atoms with Gasteiger partial charge in [-0.2, -0.15) is 0 Å². The zero-order chi connectivity index (χ0) is 13.7. The molecule has 0 radical (unpaired) electrons. The van der Waals surface area contributed by atoms with Crippen LogP contribution in [0.4, 0.5) is 4.79 Å². The first-order chi connectivity index (χ1) is 9.18. The van der Waals surface area contributed by atoms with E-state index < -0.39 is 12.0 Å². The molecule has 2 N–H and O–H groups in total. The van der Waals surface area contributed by atoms with Crippen molar-refractivity contribution in [2.45, 2.75) is 25.3 Å². The summed E-state index contributed by atoms with van der Waals surface area (Å²) in [5.74, 6) is -0.929. The number of pyridine rings is 1. The van der Waals surface area contributed by atoms with Crippen LogP contribution in [0.25, 0.3) is 0 Å². The second-order valence-electron chi connectivity index (χ2n) is 4.53. The van der Waals surface area contributed by atoms with Gasteiger partial charge in [-0.1, -0.05) is 0 Å². The Hall–Kier alpha value is -2.11. The summed E-state index contributed by atoms with van der Waals surface area (Å²) in [4.78, 5) is 28.2. The first kappa shape index (κ1) is 13.3. The fourth-order valence-electron chi connectivity index (χ4n) is 2.23. The summed E-state index contributed by atoms with van der Waals surface area (Å²) < 4.78 is 0. The molecule has 1 atom stereocenters. The van der Waals surface area contributed by atoms with Crippen molar-refractivity contribution in [3.8, 4) is 0 Å². The number of carboxylic acids is 1. The molecule has 0 aromatic carbocycles. The first-order valence-electron chi connectivity index (χ1n) is 6.34. The summed E-state index contributed by atoms with van der Waals surface area (Å²) in [5.41, 5.74) is 1.09. The number of rotatable bonds is 4. The van der Waals surface area contributed by atoms with Gasteiger partial charge < -0.3 is 15.3 Å². The molecule has 0 bridgehead atoms. The molecule has 0 aliphatic carbocycles. The van der Waals surface area contributed by atoms with Crippen LogP contribution in [0, 0.1) is 0 Å². The van der Waals surface area contributed by atoms with E-state index in [9.17, 15) is 9.59 Å². The molecule has 6 heteroatoms. The van der Waals surface area contributed by atoms with Crippen LogP contribution < -0.4 is 5.32 Å². The molecule has 0 saturated carbocycles. The second kappa shape index (κ2) is 6.17. The average Bonchev–Trinajstić information content (AvgIpc) is 2.89. The van der Waals surface area contributed by atoms with E-state index in [1.54, 1.807) is 12.4 Å². The highest BCUT2D eigenvalue weighted by atomic mass is 16.4. The van der Waals surface area contributed by atoms with Crippen LogP contribution in [0.1, 0.15) is 18.4 Å². The van der Waals surface area contributed by atoms with Crippen molar-refractivity contribution in [2.24, 2.45) is 0 Å². The summed E-state index contributed by atoms with van der Waals surface area (Å²) in [6.45, 7) is 1.00. The number of aromatic nitrogens is 1. The summed E-state index contributed by atoms with van der Waals surface area (Å²) in [6.07, 6.45) is 5.40. The number of nitrogens with one attached hydrogen (secondary N) is 1. The van der Waals surface area contributed by atoms with Crippen molar-refractivity contribution < 1.29 is 14.7 Å². The highest BCUT2D eigenvalue weighted by molar-refractivity contribution is 5.83. The van der Waals surface area contributed by atoms with E-state index >= 15 is 0 Å². The van der Waals surface area contributed by atoms with Crippen molar-refractivity contribution in [1.82, 2.24) is 15.2 Å². The minimum absolute atomic E-state index is 0.293. The van der Waals surface area contributed by atoms with Gasteiger partial charge >= 0.3 is 12.0 Å². The maximum Gasteiger partial charge on any atom is 0.326 e. The zero-order valence-corrected chi connectivity index (χ0v) is 10.6. The number of urea groups is 1. The molecule has 1 aromatic rings. The number of hydrogen-bond acceptors (Lipinski definition) is 3. The van der Waals surface area contributed by atoms with E-state index in [2.05, 4.69) is 10.3 Å². The van der Waals surface area contributed by atoms with Gasteiger partial charge in [0.1, 0.15) is 6.04 Å². The number of carboxylic acid groups (broad SMARTS) is 1. The van der Waals surface area contributed by atoms with E-state index in [4.69, 9.17) is 5.11 Å². The predicted octanol–water partition coefficient (Wildman–Crippen LogP) is 0.883. The highest BCUT2D eigenvalue weighted by Gasteiger charge is 2.33. The van der Waals surface area contributed by atoms with Crippen LogP contribution in [0.15, 0.2) is 24.5 Å². The van der Waals surface area contributed by atoms with Gasteiger partial charge in [-0.3, -0.25) is 4.98 Å². The Morgan fingerprint density at radius 1 is 1.42 bits per heavy atom. The van der Waals surface area contributed by atoms with Crippen LogP contribution >= 0.6 is 0 Å². The Morgan fingerprint density at radius 2 is 2.16 bits per heavy atom. The SMILES string of the molecule is O=C(O)[C@H]1CCCN1C(=O)NCCc1ccncc1. The Morgan fingerprint density at radius 3 is 2.84 bits per heavy atom. The maximum atomic E-state index is 11.9. The van der Waals surface area contributed by atoms with E-state index in [1.807, 2.05) is 12.1 Å². The maximum absolute atomic E-state index is 11.9. The molecular formula is C13H17N3O3. The highest BCUT2D eigenvalue weighted by Crippen LogP contribution is 2.17. The Kier molecular flexibility index (Phi) is 4.33. The molecule has 1 aliphatic rings. The second-order valence-corrected chi connectivity index (χ2v) is 4.53. The Labute approximate surface area is 111 Å². The molecule has 2 rings (SSSR count). The van der Waals surface area contributed by atoms with E-state index in [0.717, 1.165) is 12.0 Å². The summed E-state index contributed by atoms with van der Waals surface area (Å²) in [6, 6.07) is 2.81. The minimum Gasteiger partial charge on any atom is -0.480 e. The molecule has 2 heterocycles. The number of carbonyl (C=O) groups is 2. The molecule has 2 amide bonds. The van der Waals surface area contributed by atoms with Gasteiger partial charge in [0.15, 0.2) is 0 Å². The third kappa shape index (κ3) is 3.43. The molecule has 102 valence electrons. The van der Waals surface area contributed by atoms with Gasteiger partial charge in [-0.15, -0.1) is 0 Å².